The van der Waals surface area contributed by atoms with Gasteiger partial charge in [-0.05, 0) is 31.6 Å². The summed E-state index contributed by atoms with van der Waals surface area (Å²) in [6.07, 6.45) is 2.48. The van der Waals surface area contributed by atoms with Crippen LogP contribution >= 0.6 is 0 Å². The van der Waals surface area contributed by atoms with E-state index in [9.17, 15) is 13.6 Å². The Bertz CT molecular complexity index is 529. The van der Waals surface area contributed by atoms with Crippen LogP contribution in [0, 0.1) is 23.0 Å². The zero-order chi connectivity index (χ0) is 14.5. The summed E-state index contributed by atoms with van der Waals surface area (Å²) in [4.78, 5) is 11.6. The van der Waals surface area contributed by atoms with E-state index in [4.69, 9.17) is 5.26 Å². The maximum atomic E-state index is 13.3. The van der Waals surface area contributed by atoms with Gasteiger partial charge in [0.15, 0.2) is 0 Å². The van der Waals surface area contributed by atoms with E-state index in [1.807, 2.05) is 6.07 Å². The molecule has 1 unspecified atom stereocenters. The van der Waals surface area contributed by atoms with Crippen LogP contribution in [0.3, 0.4) is 0 Å². The molecule has 1 aromatic carbocycles. The molecule has 0 bridgehead atoms. The Hall–Kier alpha value is -2.22. The van der Waals surface area contributed by atoms with E-state index in [0.717, 1.165) is 24.3 Å². The van der Waals surface area contributed by atoms with Crippen molar-refractivity contribution in [1.29, 1.82) is 5.26 Å². The molecule has 0 aliphatic carbocycles. The highest BCUT2D eigenvalue weighted by Crippen LogP contribution is 2.14. The molecule has 0 aliphatic rings. The van der Waals surface area contributed by atoms with Gasteiger partial charge in [0.05, 0.1) is 6.07 Å². The van der Waals surface area contributed by atoms with Crippen LogP contribution in [0.2, 0.25) is 0 Å². The Morgan fingerprint density at radius 2 is 2.05 bits per heavy atom. The lowest BCUT2D eigenvalue weighted by Gasteiger charge is -2.19. The summed E-state index contributed by atoms with van der Waals surface area (Å²) in [6.45, 7) is 3.33. The number of nitrogens with one attached hydrogen (secondary N) is 1. The van der Waals surface area contributed by atoms with Crippen LogP contribution in [0.1, 0.15) is 25.8 Å². The number of amides is 1. The third-order valence-corrected chi connectivity index (χ3v) is 2.75. The molecule has 1 N–H and O–H groups in total. The highest BCUT2D eigenvalue weighted by Gasteiger charge is 2.22. The van der Waals surface area contributed by atoms with Crippen molar-refractivity contribution in [3.8, 4) is 6.07 Å². The van der Waals surface area contributed by atoms with E-state index < -0.39 is 23.1 Å². The van der Waals surface area contributed by atoms with Crippen LogP contribution in [-0.2, 0) is 4.79 Å². The van der Waals surface area contributed by atoms with E-state index in [0.29, 0.717) is 6.42 Å². The van der Waals surface area contributed by atoms with Crippen LogP contribution in [0.25, 0.3) is 6.08 Å². The number of halogens is 2. The number of carbonyl (C=O) groups is 1. The van der Waals surface area contributed by atoms with E-state index in [1.54, 1.807) is 13.8 Å². The van der Waals surface area contributed by atoms with E-state index in [2.05, 4.69) is 5.32 Å². The molecule has 0 spiro atoms. The summed E-state index contributed by atoms with van der Waals surface area (Å²) in [7, 11) is 0. The van der Waals surface area contributed by atoms with Gasteiger partial charge in [0, 0.05) is 11.6 Å². The Morgan fingerprint density at radius 1 is 1.47 bits per heavy atom. The molecule has 1 amide bonds. The second kappa shape index (κ2) is 6.10. The van der Waals surface area contributed by atoms with E-state index >= 15 is 0 Å². The summed E-state index contributed by atoms with van der Waals surface area (Å²) >= 11 is 0. The van der Waals surface area contributed by atoms with Crippen molar-refractivity contribution < 1.29 is 13.6 Å². The highest BCUT2D eigenvalue weighted by atomic mass is 19.1. The van der Waals surface area contributed by atoms with Crippen molar-refractivity contribution in [1.82, 2.24) is 5.32 Å². The lowest BCUT2D eigenvalue weighted by molar-refractivity contribution is -0.117. The molecule has 0 radical (unpaired) electrons. The Kier molecular flexibility index (Phi) is 4.76. The molecule has 0 aromatic heterocycles. The Balaban J connectivity index is 2.83. The smallest absolute Gasteiger partial charge is 0.245 e. The molecule has 1 aromatic rings. The molecule has 1 atom stereocenters. The number of hydrogen-bond acceptors (Lipinski definition) is 2. The molecule has 19 heavy (non-hydrogen) atoms. The lowest BCUT2D eigenvalue weighted by Crippen LogP contribution is -2.43. The molecule has 0 aliphatic heterocycles. The van der Waals surface area contributed by atoms with Gasteiger partial charge in [-0.25, -0.2) is 8.78 Å². The second-order valence-corrected chi connectivity index (χ2v) is 4.26. The van der Waals surface area contributed by atoms with Crippen molar-refractivity contribution in [3.05, 3.63) is 41.5 Å². The predicted molar refractivity (Wildman–Crippen MR) is 67.8 cm³/mol. The van der Waals surface area contributed by atoms with Gasteiger partial charge in [-0.3, -0.25) is 4.79 Å². The first kappa shape index (κ1) is 14.8. The molecule has 5 heteroatoms. The minimum absolute atomic E-state index is 0.284. The molecular weight excluding hydrogens is 250 g/mol. The normalized spacial score (nSPS) is 13.8. The minimum Gasteiger partial charge on any atom is -0.334 e. The van der Waals surface area contributed by atoms with Gasteiger partial charge in [0.1, 0.15) is 17.2 Å². The maximum Gasteiger partial charge on any atom is 0.245 e. The molecule has 0 fully saturated rings. The standard InChI is InChI=1S/C14H14F2N2O/c1-3-14(2,9-17)18-13(19)8-7-10-11(15)5-4-6-12(10)16/h4-8H,3H2,1-2H3,(H,18,19)/b8-7+. The number of nitrogens with zero attached hydrogens (tertiary/aromatic N) is 1. The summed E-state index contributed by atoms with van der Waals surface area (Å²) in [5.41, 5.74) is -1.28. The van der Waals surface area contributed by atoms with E-state index in [-0.39, 0.29) is 5.56 Å². The first-order valence-corrected chi connectivity index (χ1v) is 5.77. The largest absolute Gasteiger partial charge is 0.334 e. The van der Waals surface area contributed by atoms with Crippen molar-refractivity contribution >= 4 is 12.0 Å². The summed E-state index contributed by atoms with van der Waals surface area (Å²) in [5, 5.41) is 11.4. The summed E-state index contributed by atoms with van der Waals surface area (Å²) < 4.78 is 26.6. The van der Waals surface area contributed by atoms with Crippen molar-refractivity contribution in [3.63, 3.8) is 0 Å². The average molecular weight is 264 g/mol. The van der Waals surface area contributed by atoms with Gasteiger partial charge in [-0.15, -0.1) is 0 Å². The maximum absolute atomic E-state index is 13.3. The zero-order valence-electron chi connectivity index (χ0n) is 10.7. The number of carbonyl (C=O) groups excluding carboxylic acids is 1. The number of nitriles is 1. The van der Waals surface area contributed by atoms with Gasteiger partial charge in [-0.2, -0.15) is 5.26 Å². The Morgan fingerprint density at radius 3 is 2.53 bits per heavy atom. The monoisotopic (exact) mass is 264 g/mol. The minimum atomic E-state index is -0.991. The first-order chi connectivity index (χ1) is 8.91. The number of benzene rings is 1. The topological polar surface area (TPSA) is 52.9 Å². The van der Waals surface area contributed by atoms with Gasteiger partial charge in [0.25, 0.3) is 0 Å². The summed E-state index contributed by atoms with van der Waals surface area (Å²) in [6, 6.07) is 5.41. The third-order valence-electron chi connectivity index (χ3n) is 2.75. The van der Waals surface area contributed by atoms with E-state index in [1.165, 1.54) is 6.07 Å². The molecular formula is C14H14F2N2O. The highest BCUT2D eigenvalue weighted by molar-refractivity contribution is 5.92. The molecule has 1 rings (SSSR count). The quantitative estimate of drug-likeness (QED) is 0.850. The van der Waals surface area contributed by atoms with Gasteiger partial charge in [-0.1, -0.05) is 13.0 Å². The fraction of sp³-hybridized carbons (Fsp3) is 0.286. The molecule has 0 heterocycles. The van der Waals surface area contributed by atoms with Crippen molar-refractivity contribution in [2.24, 2.45) is 0 Å². The molecule has 100 valence electrons. The lowest BCUT2D eigenvalue weighted by atomic mass is 10.0. The van der Waals surface area contributed by atoms with Crippen LogP contribution in [0.4, 0.5) is 8.78 Å². The number of rotatable bonds is 4. The van der Waals surface area contributed by atoms with Crippen molar-refractivity contribution in [2.45, 2.75) is 25.8 Å². The first-order valence-electron chi connectivity index (χ1n) is 5.77. The summed E-state index contributed by atoms with van der Waals surface area (Å²) in [5.74, 6) is -2.07. The third kappa shape index (κ3) is 3.88. The van der Waals surface area contributed by atoms with Crippen molar-refractivity contribution in [2.75, 3.05) is 0 Å². The predicted octanol–water partition coefficient (Wildman–Crippen LogP) is 2.79. The average Bonchev–Trinajstić information content (AvgIpc) is 2.38. The Labute approximate surface area is 110 Å². The van der Waals surface area contributed by atoms with Gasteiger partial charge >= 0.3 is 0 Å². The second-order valence-electron chi connectivity index (χ2n) is 4.26. The molecule has 0 saturated heterocycles. The molecule has 3 nitrogen and oxygen atoms in total. The fourth-order valence-electron chi connectivity index (χ4n) is 1.34. The zero-order valence-corrected chi connectivity index (χ0v) is 10.7. The van der Waals surface area contributed by atoms with Gasteiger partial charge in [0.2, 0.25) is 5.91 Å². The number of hydrogen-bond donors (Lipinski definition) is 1. The van der Waals surface area contributed by atoms with Gasteiger partial charge < -0.3 is 5.32 Å². The SMILES string of the molecule is CCC(C)(C#N)NC(=O)/C=C/c1c(F)cccc1F. The molecule has 0 saturated carbocycles. The van der Waals surface area contributed by atoms with Crippen LogP contribution in [0.15, 0.2) is 24.3 Å². The fourth-order valence-corrected chi connectivity index (χ4v) is 1.34. The van der Waals surface area contributed by atoms with Crippen LogP contribution in [0.5, 0.6) is 0 Å². The van der Waals surface area contributed by atoms with Crippen LogP contribution < -0.4 is 5.32 Å². The van der Waals surface area contributed by atoms with Crippen LogP contribution in [-0.4, -0.2) is 11.4 Å².